The number of fused-ring (bicyclic) bond motifs is 1. The molecule has 0 bridgehead atoms. The summed E-state index contributed by atoms with van der Waals surface area (Å²) in [5, 5.41) is 2.80. The minimum absolute atomic E-state index is 0.152. The average molecular weight is 219 g/mol. The van der Waals surface area contributed by atoms with Crippen molar-refractivity contribution in [3.63, 3.8) is 0 Å². The van der Waals surface area contributed by atoms with Crippen LogP contribution in [-0.2, 0) is 11.2 Å². The van der Waals surface area contributed by atoms with Gasteiger partial charge in [0, 0.05) is 25.0 Å². The van der Waals surface area contributed by atoms with E-state index in [9.17, 15) is 4.79 Å². The van der Waals surface area contributed by atoms with Crippen LogP contribution in [0.3, 0.4) is 0 Å². The van der Waals surface area contributed by atoms with Gasteiger partial charge in [0.1, 0.15) is 0 Å². The van der Waals surface area contributed by atoms with Crippen molar-refractivity contribution in [3.8, 4) is 0 Å². The number of nitrogens with one attached hydrogen (secondary N) is 1. The molecule has 0 radical (unpaired) electrons. The molecule has 0 fully saturated rings. The van der Waals surface area contributed by atoms with Gasteiger partial charge in [-0.05, 0) is 31.0 Å². The van der Waals surface area contributed by atoms with Gasteiger partial charge in [0.15, 0.2) is 0 Å². The zero-order valence-corrected chi connectivity index (χ0v) is 9.66. The van der Waals surface area contributed by atoms with Crippen LogP contribution in [0.5, 0.6) is 0 Å². The second-order valence-electron chi connectivity index (χ2n) is 4.29. The number of carbonyl (C=O) groups is 1. The van der Waals surface area contributed by atoms with Crippen LogP contribution in [0.25, 0.3) is 0 Å². The molecule has 16 heavy (non-hydrogen) atoms. The third kappa shape index (κ3) is 2.02. The fraction of sp³-hybridized carbons (Fsp3) is 0.417. The van der Waals surface area contributed by atoms with Crippen molar-refractivity contribution in [2.75, 3.05) is 23.8 Å². The summed E-state index contributed by atoms with van der Waals surface area (Å²) in [5.41, 5.74) is 8.85. The number of amides is 1. The van der Waals surface area contributed by atoms with Crippen molar-refractivity contribution in [1.29, 1.82) is 0 Å². The summed E-state index contributed by atoms with van der Waals surface area (Å²) in [6.07, 6.45) is 1.08. The smallest absolute Gasteiger partial charge is 0.240 e. The lowest BCUT2D eigenvalue weighted by Gasteiger charge is -2.14. The van der Waals surface area contributed by atoms with Crippen molar-refractivity contribution in [1.82, 2.24) is 0 Å². The number of likely N-dealkylation sites (N-methyl/N-ethyl adjacent to an activating group) is 1. The predicted octanol–water partition coefficient (Wildman–Crippen LogP) is 0.965. The highest BCUT2D eigenvalue weighted by atomic mass is 16.2. The fourth-order valence-electron chi connectivity index (χ4n) is 1.87. The topological polar surface area (TPSA) is 58.4 Å². The Morgan fingerprint density at radius 2 is 2.31 bits per heavy atom. The van der Waals surface area contributed by atoms with Crippen LogP contribution >= 0.6 is 0 Å². The van der Waals surface area contributed by atoms with Crippen LogP contribution in [0.2, 0.25) is 0 Å². The molecule has 1 aromatic carbocycles. The maximum atomic E-state index is 11.4. The lowest BCUT2D eigenvalue weighted by Crippen LogP contribution is -2.32. The summed E-state index contributed by atoms with van der Waals surface area (Å²) in [6.45, 7) is 2.72. The minimum Gasteiger partial charge on any atom is -0.374 e. The van der Waals surface area contributed by atoms with Gasteiger partial charge in [-0.25, -0.2) is 0 Å². The van der Waals surface area contributed by atoms with Crippen LogP contribution in [0.4, 0.5) is 11.4 Å². The molecule has 1 aromatic rings. The molecule has 1 aliphatic heterocycles. The zero-order valence-electron chi connectivity index (χ0n) is 9.66. The van der Waals surface area contributed by atoms with E-state index in [0.29, 0.717) is 0 Å². The van der Waals surface area contributed by atoms with E-state index in [1.54, 1.807) is 6.92 Å². The van der Waals surface area contributed by atoms with Gasteiger partial charge < -0.3 is 16.0 Å². The summed E-state index contributed by atoms with van der Waals surface area (Å²) in [7, 11) is 2.06. The number of hydrogen-bond donors (Lipinski definition) is 2. The first kappa shape index (κ1) is 11.0. The number of anilines is 2. The van der Waals surface area contributed by atoms with Gasteiger partial charge in [-0.2, -0.15) is 0 Å². The Hall–Kier alpha value is -1.55. The summed E-state index contributed by atoms with van der Waals surface area (Å²) in [4.78, 5) is 13.6. The van der Waals surface area contributed by atoms with Crippen LogP contribution in [-0.4, -0.2) is 25.5 Å². The van der Waals surface area contributed by atoms with Crippen LogP contribution in [0.15, 0.2) is 18.2 Å². The number of benzene rings is 1. The van der Waals surface area contributed by atoms with Gasteiger partial charge in [-0.1, -0.05) is 6.07 Å². The molecule has 0 saturated carbocycles. The highest BCUT2D eigenvalue weighted by molar-refractivity contribution is 5.95. The molecule has 1 amide bonds. The first-order valence-electron chi connectivity index (χ1n) is 5.48. The zero-order chi connectivity index (χ0) is 11.7. The monoisotopic (exact) mass is 219 g/mol. The Bertz CT molecular complexity index is 415. The second kappa shape index (κ2) is 4.14. The van der Waals surface area contributed by atoms with Crippen molar-refractivity contribution in [3.05, 3.63) is 23.8 Å². The summed E-state index contributed by atoms with van der Waals surface area (Å²) in [5.74, 6) is -0.152. The molecule has 1 heterocycles. The molecular formula is C12H17N3O. The summed E-state index contributed by atoms with van der Waals surface area (Å²) in [6, 6.07) is 5.52. The van der Waals surface area contributed by atoms with E-state index < -0.39 is 6.04 Å². The Labute approximate surface area is 95.4 Å². The largest absolute Gasteiger partial charge is 0.374 e. The van der Waals surface area contributed by atoms with Crippen molar-refractivity contribution < 1.29 is 4.79 Å². The molecule has 2 rings (SSSR count). The molecule has 0 spiro atoms. The molecule has 0 aromatic heterocycles. The molecule has 0 saturated heterocycles. The Morgan fingerprint density at radius 3 is 3.00 bits per heavy atom. The SMILES string of the molecule is C[C@@H](N)C(=O)Nc1ccc2c(c1)N(C)CC2. The fourth-order valence-corrected chi connectivity index (χ4v) is 1.87. The Balaban J connectivity index is 2.18. The van der Waals surface area contributed by atoms with E-state index in [0.717, 1.165) is 18.7 Å². The quantitative estimate of drug-likeness (QED) is 0.779. The van der Waals surface area contributed by atoms with E-state index in [1.165, 1.54) is 11.3 Å². The van der Waals surface area contributed by atoms with Gasteiger partial charge >= 0.3 is 0 Å². The Kier molecular flexibility index (Phi) is 2.83. The molecule has 4 heteroatoms. The molecule has 4 nitrogen and oxygen atoms in total. The van der Waals surface area contributed by atoms with Gasteiger partial charge in [0.2, 0.25) is 5.91 Å². The Morgan fingerprint density at radius 1 is 1.56 bits per heavy atom. The van der Waals surface area contributed by atoms with E-state index in [-0.39, 0.29) is 5.91 Å². The highest BCUT2D eigenvalue weighted by Crippen LogP contribution is 2.29. The maximum Gasteiger partial charge on any atom is 0.240 e. The van der Waals surface area contributed by atoms with E-state index in [4.69, 9.17) is 5.73 Å². The van der Waals surface area contributed by atoms with Crippen molar-refractivity contribution in [2.24, 2.45) is 5.73 Å². The maximum absolute atomic E-state index is 11.4. The number of carbonyl (C=O) groups excluding carboxylic acids is 1. The highest BCUT2D eigenvalue weighted by Gasteiger charge is 2.16. The first-order chi connectivity index (χ1) is 7.58. The summed E-state index contributed by atoms with van der Waals surface area (Å²) >= 11 is 0. The average Bonchev–Trinajstić information content (AvgIpc) is 2.60. The van der Waals surface area contributed by atoms with Crippen molar-refractivity contribution in [2.45, 2.75) is 19.4 Å². The van der Waals surface area contributed by atoms with Gasteiger partial charge in [-0.3, -0.25) is 4.79 Å². The number of hydrogen-bond acceptors (Lipinski definition) is 3. The van der Waals surface area contributed by atoms with Crippen LogP contribution in [0, 0.1) is 0 Å². The first-order valence-corrected chi connectivity index (χ1v) is 5.48. The third-order valence-electron chi connectivity index (χ3n) is 2.89. The van der Waals surface area contributed by atoms with Gasteiger partial charge in [0.05, 0.1) is 6.04 Å². The lowest BCUT2D eigenvalue weighted by molar-refractivity contribution is -0.117. The van der Waals surface area contributed by atoms with Crippen molar-refractivity contribution >= 4 is 17.3 Å². The number of nitrogens with two attached hydrogens (primary N) is 1. The lowest BCUT2D eigenvalue weighted by atomic mass is 10.1. The van der Waals surface area contributed by atoms with Crippen LogP contribution < -0.4 is 16.0 Å². The standard InChI is InChI=1S/C12H17N3O/c1-8(13)12(16)14-10-4-3-9-5-6-15(2)11(9)7-10/h3-4,7-8H,5-6,13H2,1-2H3,(H,14,16)/t8-/m1/s1. The summed E-state index contributed by atoms with van der Waals surface area (Å²) < 4.78 is 0. The normalized spacial score (nSPS) is 15.8. The number of nitrogens with zero attached hydrogens (tertiary/aromatic N) is 1. The van der Waals surface area contributed by atoms with Crippen LogP contribution in [0.1, 0.15) is 12.5 Å². The molecule has 3 N–H and O–H groups in total. The van der Waals surface area contributed by atoms with Gasteiger partial charge in [-0.15, -0.1) is 0 Å². The molecule has 0 aliphatic carbocycles. The van der Waals surface area contributed by atoms with Gasteiger partial charge in [0.25, 0.3) is 0 Å². The minimum atomic E-state index is -0.481. The number of rotatable bonds is 2. The third-order valence-corrected chi connectivity index (χ3v) is 2.89. The predicted molar refractivity (Wildman–Crippen MR) is 65.7 cm³/mol. The van der Waals surface area contributed by atoms with E-state index >= 15 is 0 Å². The van der Waals surface area contributed by atoms with E-state index in [2.05, 4.69) is 23.3 Å². The molecule has 86 valence electrons. The molecule has 0 unspecified atom stereocenters. The molecule has 1 atom stereocenters. The van der Waals surface area contributed by atoms with E-state index in [1.807, 2.05) is 12.1 Å². The molecular weight excluding hydrogens is 202 g/mol. The molecule has 1 aliphatic rings. The second-order valence-corrected chi connectivity index (χ2v) is 4.29.